The molecule has 0 unspecified atom stereocenters. The highest BCUT2D eigenvalue weighted by Gasteiger charge is 2.24. The van der Waals surface area contributed by atoms with Gasteiger partial charge < -0.3 is 0 Å². The number of rotatable bonds is 1. The summed E-state index contributed by atoms with van der Waals surface area (Å²) in [6.07, 6.45) is 2.57. The van der Waals surface area contributed by atoms with Crippen LogP contribution in [0.1, 0.15) is 19.3 Å². The van der Waals surface area contributed by atoms with Gasteiger partial charge in [-0.3, -0.25) is 4.79 Å². The predicted molar refractivity (Wildman–Crippen MR) is 23.5 cm³/mol. The fourth-order valence-electron chi connectivity index (χ4n) is 0.635. The third kappa shape index (κ3) is 0.787. The molecule has 7 heavy (non-hydrogen) atoms. The van der Waals surface area contributed by atoms with Crippen LogP contribution in [0.15, 0.2) is 0 Å². The maximum atomic E-state index is 11.5. The van der Waals surface area contributed by atoms with Gasteiger partial charge in [0.25, 0.3) is 0 Å². The van der Waals surface area contributed by atoms with E-state index in [4.69, 9.17) is 0 Å². The monoisotopic (exact) mass is 102 g/mol. The molecule has 1 saturated carbocycles. The van der Waals surface area contributed by atoms with Crippen molar-refractivity contribution in [1.29, 1.82) is 0 Å². The van der Waals surface area contributed by atoms with Gasteiger partial charge in [0.15, 0.2) is 0 Å². The summed E-state index contributed by atoms with van der Waals surface area (Å²) in [4.78, 5) is 9.76. The number of hydrogen-bond donors (Lipinski definition) is 0. The van der Waals surface area contributed by atoms with Gasteiger partial charge in [0.05, 0.1) is 0 Å². The quantitative estimate of drug-likeness (QED) is 0.456. The first-order valence-electron chi connectivity index (χ1n) is 2.50. The second-order valence-corrected chi connectivity index (χ2v) is 1.93. The first kappa shape index (κ1) is 4.75. The molecule has 0 spiro atoms. The fourth-order valence-corrected chi connectivity index (χ4v) is 0.635. The Morgan fingerprint density at radius 2 is 2.14 bits per heavy atom. The van der Waals surface area contributed by atoms with Gasteiger partial charge in [0, 0.05) is 5.92 Å². The Bertz CT molecular complexity index is 86.1. The minimum Gasteiger partial charge on any atom is -0.261 e. The fraction of sp³-hybridized carbons (Fsp3) is 0.800. The summed E-state index contributed by atoms with van der Waals surface area (Å²) in [6, 6.07) is -1.12. The molecule has 0 atom stereocenters. The van der Waals surface area contributed by atoms with E-state index in [0.717, 1.165) is 19.3 Å². The lowest BCUT2D eigenvalue weighted by Crippen LogP contribution is -2.17. The Labute approximate surface area is 41.5 Å². The van der Waals surface area contributed by atoms with Crippen LogP contribution in [0.2, 0.25) is 0 Å². The smallest absolute Gasteiger partial charge is 0.261 e. The lowest BCUT2D eigenvalue weighted by atomic mass is 9.86. The Morgan fingerprint density at radius 3 is 2.14 bits per heavy atom. The Balaban J connectivity index is 2.27. The highest BCUT2D eigenvalue weighted by Crippen LogP contribution is 2.26. The SMILES string of the molecule is O=C(F)C1CCC1. The van der Waals surface area contributed by atoms with E-state index >= 15 is 0 Å². The minimum absolute atomic E-state index is 0.222. The lowest BCUT2D eigenvalue weighted by Gasteiger charge is -2.18. The van der Waals surface area contributed by atoms with Gasteiger partial charge in [0.2, 0.25) is 0 Å². The molecule has 1 aliphatic carbocycles. The van der Waals surface area contributed by atoms with Crippen molar-refractivity contribution < 1.29 is 9.18 Å². The van der Waals surface area contributed by atoms with Gasteiger partial charge in [-0.05, 0) is 12.8 Å². The van der Waals surface area contributed by atoms with Crippen LogP contribution in [0.25, 0.3) is 0 Å². The summed E-state index contributed by atoms with van der Waals surface area (Å²) >= 11 is 0. The van der Waals surface area contributed by atoms with E-state index in [0.29, 0.717) is 0 Å². The topological polar surface area (TPSA) is 17.1 Å². The van der Waals surface area contributed by atoms with Crippen LogP contribution in [0, 0.1) is 5.92 Å². The molecular formula is C5H7FO. The van der Waals surface area contributed by atoms with E-state index in [9.17, 15) is 9.18 Å². The summed E-state index contributed by atoms with van der Waals surface area (Å²) in [6.45, 7) is 0. The minimum atomic E-state index is -1.12. The van der Waals surface area contributed by atoms with Crippen molar-refractivity contribution in [2.75, 3.05) is 0 Å². The highest BCUT2D eigenvalue weighted by molar-refractivity contribution is 5.71. The number of carbonyl (C=O) groups excluding carboxylic acids is 1. The van der Waals surface area contributed by atoms with Gasteiger partial charge in [-0.15, -0.1) is 0 Å². The maximum Gasteiger partial charge on any atom is 0.304 e. The van der Waals surface area contributed by atoms with Crippen LogP contribution in [0.5, 0.6) is 0 Å². The second-order valence-electron chi connectivity index (χ2n) is 1.93. The molecular weight excluding hydrogens is 95.1 g/mol. The van der Waals surface area contributed by atoms with Crippen LogP contribution >= 0.6 is 0 Å². The molecule has 0 aromatic carbocycles. The lowest BCUT2D eigenvalue weighted by molar-refractivity contribution is -0.136. The molecule has 0 aromatic rings. The van der Waals surface area contributed by atoms with Crippen molar-refractivity contribution in [2.24, 2.45) is 5.92 Å². The largest absolute Gasteiger partial charge is 0.304 e. The summed E-state index contributed by atoms with van der Waals surface area (Å²) in [5, 5.41) is 0. The van der Waals surface area contributed by atoms with Crippen molar-refractivity contribution in [2.45, 2.75) is 19.3 Å². The zero-order chi connectivity index (χ0) is 5.28. The zero-order valence-corrected chi connectivity index (χ0v) is 3.98. The molecule has 0 aromatic heterocycles. The Hall–Kier alpha value is -0.400. The first-order valence-corrected chi connectivity index (χ1v) is 2.50. The molecule has 1 fully saturated rings. The summed E-state index contributed by atoms with van der Waals surface area (Å²) in [7, 11) is 0. The van der Waals surface area contributed by atoms with Gasteiger partial charge in [-0.1, -0.05) is 6.42 Å². The molecule has 40 valence electrons. The molecule has 0 radical (unpaired) electrons. The molecule has 0 heterocycles. The summed E-state index contributed by atoms with van der Waals surface area (Å²) in [5.74, 6) is -0.222. The second kappa shape index (κ2) is 1.60. The van der Waals surface area contributed by atoms with Crippen LogP contribution in [-0.2, 0) is 4.79 Å². The van der Waals surface area contributed by atoms with Crippen LogP contribution in [0.3, 0.4) is 0 Å². The number of hydrogen-bond acceptors (Lipinski definition) is 1. The van der Waals surface area contributed by atoms with Crippen LogP contribution in [-0.4, -0.2) is 6.04 Å². The number of carbonyl (C=O) groups is 1. The van der Waals surface area contributed by atoms with E-state index in [1.165, 1.54) is 0 Å². The van der Waals surface area contributed by atoms with Gasteiger partial charge in [0.1, 0.15) is 0 Å². The molecule has 0 saturated heterocycles. The van der Waals surface area contributed by atoms with Gasteiger partial charge in [-0.25, -0.2) is 0 Å². The Kier molecular flexibility index (Phi) is 1.09. The standard InChI is InChI=1S/C5H7FO/c6-5(7)4-2-1-3-4/h4H,1-3H2. The highest BCUT2D eigenvalue weighted by atomic mass is 19.1. The molecule has 0 aliphatic heterocycles. The molecule has 2 heteroatoms. The van der Waals surface area contributed by atoms with Crippen LogP contribution in [0.4, 0.5) is 4.39 Å². The molecule has 1 aliphatic rings. The van der Waals surface area contributed by atoms with Crippen molar-refractivity contribution in [3.05, 3.63) is 0 Å². The van der Waals surface area contributed by atoms with E-state index in [-0.39, 0.29) is 5.92 Å². The number of halogens is 1. The maximum absolute atomic E-state index is 11.5. The molecule has 0 bridgehead atoms. The normalized spacial score (nSPS) is 21.3. The van der Waals surface area contributed by atoms with Crippen molar-refractivity contribution in [1.82, 2.24) is 0 Å². The average Bonchev–Trinajstić information content (AvgIpc) is 1.23. The van der Waals surface area contributed by atoms with Crippen molar-refractivity contribution in [3.8, 4) is 0 Å². The average molecular weight is 102 g/mol. The van der Waals surface area contributed by atoms with E-state index in [1.54, 1.807) is 0 Å². The Morgan fingerprint density at radius 1 is 1.57 bits per heavy atom. The van der Waals surface area contributed by atoms with E-state index < -0.39 is 6.04 Å². The summed E-state index contributed by atoms with van der Waals surface area (Å²) in [5.41, 5.74) is 0. The first-order chi connectivity index (χ1) is 3.30. The summed E-state index contributed by atoms with van der Waals surface area (Å²) < 4.78 is 11.5. The van der Waals surface area contributed by atoms with Gasteiger partial charge in [-0.2, -0.15) is 4.39 Å². The van der Waals surface area contributed by atoms with E-state index in [2.05, 4.69) is 0 Å². The van der Waals surface area contributed by atoms with Crippen LogP contribution < -0.4 is 0 Å². The van der Waals surface area contributed by atoms with Gasteiger partial charge >= 0.3 is 6.04 Å². The zero-order valence-electron chi connectivity index (χ0n) is 3.98. The van der Waals surface area contributed by atoms with Crippen molar-refractivity contribution in [3.63, 3.8) is 0 Å². The van der Waals surface area contributed by atoms with E-state index in [1.807, 2.05) is 0 Å². The molecule has 1 rings (SSSR count). The molecule has 0 N–H and O–H groups in total. The third-order valence-corrected chi connectivity index (χ3v) is 1.43. The van der Waals surface area contributed by atoms with Crippen molar-refractivity contribution >= 4 is 6.04 Å². The molecule has 1 nitrogen and oxygen atoms in total. The molecule has 0 amide bonds. The predicted octanol–water partition coefficient (Wildman–Crippen LogP) is 1.28. The third-order valence-electron chi connectivity index (χ3n) is 1.43.